The van der Waals surface area contributed by atoms with Gasteiger partial charge in [-0.1, -0.05) is 36.4 Å². The summed E-state index contributed by atoms with van der Waals surface area (Å²) >= 11 is 0. The van der Waals surface area contributed by atoms with E-state index in [1.165, 1.54) is 18.2 Å². The largest absolute Gasteiger partial charge is 0.573 e. The molecule has 1 amide bonds. The highest BCUT2D eigenvalue weighted by Crippen LogP contribution is 2.26. The van der Waals surface area contributed by atoms with E-state index >= 15 is 0 Å². The number of nitrogens with one attached hydrogen (secondary N) is 2. The molecule has 2 atom stereocenters. The summed E-state index contributed by atoms with van der Waals surface area (Å²) in [7, 11) is 0. The van der Waals surface area contributed by atoms with Crippen molar-refractivity contribution < 1.29 is 27.8 Å². The lowest BCUT2D eigenvalue weighted by Gasteiger charge is -2.30. The third-order valence-corrected chi connectivity index (χ3v) is 4.41. The quantitative estimate of drug-likeness (QED) is 0.745. The summed E-state index contributed by atoms with van der Waals surface area (Å²) in [5, 5.41) is 16.0. The predicted molar refractivity (Wildman–Crippen MR) is 92.2 cm³/mol. The van der Waals surface area contributed by atoms with Gasteiger partial charge in [-0.2, -0.15) is 0 Å². The molecular weight excluding hydrogens is 361 g/mol. The minimum Gasteiger partial charge on any atom is -0.405 e. The Morgan fingerprint density at radius 2 is 1.85 bits per heavy atom. The van der Waals surface area contributed by atoms with E-state index in [9.17, 15) is 23.1 Å². The number of aliphatic hydroxyl groups is 1. The fraction of sp³-hybridized carbons (Fsp3) is 0.316. The SMILES string of the molecule is O=C(NCC(O)C1Cc2ccccc2CN1)c1ccccc1OC(F)(F)F. The zero-order chi connectivity index (χ0) is 19.4. The number of carbonyl (C=O) groups excluding carboxylic acids is 1. The van der Waals surface area contributed by atoms with E-state index in [2.05, 4.69) is 15.4 Å². The molecule has 0 fully saturated rings. The van der Waals surface area contributed by atoms with Crippen LogP contribution in [0.3, 0.4) is 0 Å². The van der Waals surface area contributed by atoms with E-state index in [0.29, 0.717) is 13.0 Å². The molecule has 0 aliphatic carbocycles. The molecule has 1 aliphatic rings. The van der Waals surface area contributed by atoms with Crippen LogP contribution >= 0.6 is 0 Å². The van der Waals surface area contributed by atoms with Gasteiger partial charge in [0, 0.05) is 19.1 Å². The molecule has 3 rings (SSSR count). The van der Waals surface area contributed by atoms with Crippen molar-refractivity contribution in [1.82, 2.24) is 10.6 Å². The molecule has 0 saturated heterocycles. The van der Waals surface area contributed by atoms with Gasteiger partial charge < -0.3 is 20.5 Å². The van der Waals surface area contributed by atoms with Gasteiger partial charge >= 0.3 is 6.36 Å². The van der Waals surface area contributed by atoms with Crippen LogP contribution < -0.4 is 15.4 Å². The summed E-state index contributed by atoms with van der Waals surface area (Å²) < 4.78 is 41.3. The molecule has 0 aromatic heterocycles. The molecule has 144 valence electrons. The van der Waals surface area contributed by atoms with Crippen molar-refractivity contribution in [3.63, 3.8) is 0 Å². The molecule has 0 radical (unpaired) electrons. The summed E-state index contributed by atoms with van der Waals surface area (Å²) in [6, 6.07) is 12.7. The first-order chi connectivity index (χ1) is 12.8. The molecule has 0 saturated carbocycles. The van der Waals surface area contributed by atoms with Crippen molar-refractivity contribution in [3.05, 3.63) is 65.2 Å². The van der Waals surface area contributed by atoms with E-state index in [0.717, 1.165) is 17.2 Å². The van der Waals surface area contributed by atoms with Crippen LogP contribution in [0.5, 0.6) is 5.75 Å². The Balaban J connectivity index is 1.60. The van der Waals surface area contributed by atoms with Gasteiger partial charge in [0.1, 0.15) is 5.75 Å². The van der Waals surface area contributed by atoms with Crippen LogP contribution in [0, 0.1) is 0 Å². The molecule has 0 spiro atoms. The van der Waals surface area contributed by atoms with Crippen molar-refractivity contribution in [2.75, 3.05) is 6.54 Å². The Kier molecular flexibility index (Phi) is 5.67. The Hall–Kier alpha value is -2.58. The van der Waals surface area contributed by atoms with Crippen molar-refractivity contribution in [3.8, 4) is 5.75 Å². The minimum atomic E-state index is -4.89. The highest BCUT2D eigenvalue weighted by atomic mass is 19.4. The molecule has 0 bridgehead atoms. The molecule has 1 heterocycles. The maximum atomic E-state index is 12.5. The molecule has 2 unspecified atom stereocenters. The number of amides is 1. The number of aliphatic hydroxyl groups excluding tert-OH is 1. The zero-order valence-electron chi connectivity index (χ0n) is 14.3. The van der Waals surface area contributed by atoms with Gasteiger partial charge in [0.05, 0.1) is 11.7 Å². The molecule has 8 heteroatoms. The number of ether oxygens (including phenoxy) is 1. The fourth-order valence-corrected chi connectivity index (χ4v) is 3.05. The summed E-state index contributed by atoms with van der Waals surface area (Å²) in [6.45, 7) is 0.507. The molecule has 2 aromatic carbocycles. The predicted octanol–water partition coefficient (Wildman–Crippen LogP) is 2.39. The molecule has 27 heavy (non-hydrogen) atoms. The monoisotopic (exact) mass is 380 g/mol. The minimum absolute atomic E-state index is 0.0982. The molecule has 2 aromatic rings. The summed E-state index contributed by atoms with van der Waals surface area (Å²) in [5.41, 5.74) is 2.03. The van der Waals surface area contributed by atoms with Gasteiger partial charge in [-0.15, -0.1) is 13.2 Å². The van der Waals surface area contributed by atoms with E-state index < -0.39 is 24.1 Å². The lowest BCUT2D eigenvalue weighted by atomic mass is 9.93. The van der Waals surface area contributed by atoms with Crippen molar-refractivity contribution in [2.24, 2.45) is 0 Å². The molecule has 5 nitrogen and oxygen atoms in total. The average Bonchev–Trinajstić information content (AvgIpc) is 2.64. The topological polar surface area (TPSA) is 70.6 Å². The number of fused-ring (bicyclic) bond motifs is 1. The first kappa shape index (κ1) is 19.2. The summed E-state index contributed by atoms with van der Waals surface area (Å²) in [5.74, 6) is -1.33. The number of hydrogen-bond donors (Lipinski definition) is 3. The molecule has 3 N–H and O–H groups in total. The Morgan fingerprint density at radius 3 is 2.59 bits per heavy atom. The maximum Gasteiger partial charge on any atom is 0.573 e. The second-order valence-electron chi connectivity index (χ2n) is 6.28. The normalized spacial score (nSPS) is 17.7. The lowest BCUT2D eigenvalue weighted by molar-refractivity contribution is -0.274. The Morgan fingerprint density at radius 1 is 1.19 bits per heavy atom. The first-order valence-corrected chi connectivity index (χ1v) is 8.44. The standard InChI is InChI=1S/C19H19F3N2O3/c20-19(21,22)27-17-8-4-3-7-14(17)18(26)24-11-16(25)15-9-12-5-1-2-6-13(12)10-23-15/h1-8,15-16,23,25H,9-11H2,(H,24,26). The third-order valence-electron chi connectivity index (χ3n) is 4.41. The number of carbonyl (C=O) groups is 1. The fourth-order valence-electron chi connectivity index (χ4n) is 3.05. The van der Waals surface area contributed by atoms with Gasteiger partial charge in [0.2, 0.25) is 0 Å². The van der Waals surface area contributed by atoms with Crippen molar-refractivity contribution in [1.29, 1.82) is 0 Å². The van der Waals surface area contributed by atoms with Crippen LogP contribution in [0.25, 0.3) is 0 Å². The maximum absolute atomic E-state index is 12.5. The smallest absolute Gasteiger partial charge is 0.405 e. The summed E-state index contributed by atoms with van der Waals surface area (Å²) in [4.78, 5) is 12.2. The number of hydrogen-bond acceptors (Lipinski definition) is 4. The van der Waals surface area contributed by atoms with E-state index in [1.54, 1.807) is 0 Å². The van der Waals surface area contributed by atoms with Crippen molar-refractivity contribution in [2.45, 2.75) is 31.5 Å². The van der Waals surface area contributed by atoms with Gasteiger partial charge in [0.25, 0.3) is 5.91 Å². The first-order valence-electron chi connectivity index (χ1n) is 8.44. The van der Waals surface area contributed by atoms with Crippen LogP contribution in [-0.2, 0) is 13.0 Å². The number of benzene rings is 2. The third kappa shape index (κ3) is 4.99. The second-order valence-corrected chi connectivity index (χ2v) is 6.28. The van der Waals surface area contributed by atoms with Crippen molar-refractivity contribution >= 4 is 5.91 Å². The number of halogens is 3. The van der Waals surface area contributed by atoms with Gasteiger partial charge in [-0.05, 0) is 29.7 Å². The second kappa shape index (κ2) is 7.98. The molecular formula is C19H19F3N2O3. The number of rotatable bonds is 5. The van der Waals surface area contributed by atoms with Gasteiger partial charge in [0.15, 0.2) is 0 Å². The van der Waals surface area contributed by atoms with E-state index in [-0.39, 0.29) is 18.2 Å². The van der Waals surface area contributed by atoms with Gasteiger partial charge in [-0.25, -0.2) is 0 Å². The Labute approximate surface area is 154 Å². The average molecular weight is 380 g/mol. The lowest BCUT2D eigenvalue weighted by Crippen LogP contribution is -2.49. The number of para-hydroxylation sites is 1. The van der Waals surface area contributed by atoms with E-state index in [1.807, 2.05) is 24.3 Å². The van der Waals surface area contributed by atoms with Crippen LogP contribution in [0.4, 0.5) is 13.2 Å². The summed E-state index contributed by atoms with van der Waals surface area (Å²) in [6.07, 6.45) is -5.19. The van der Waals surface area contributed by atoms with Crippen LogP contribution in [-0.4, -0.2) is 36.1 Å². The zero-order valence-corrected chi connectivity index (χ0v) is 14.3. The van der Waals surface area contributed by atoms with Crippen LogP contribution in [0.15, 0.2) is 48.5 Å². The van der Waals surface area contributed by atoms with E-state index in [4.69, 9.17) is 0 Å². The Bertz CT molecular complexity index is 811. The van der Waals surface area contributed by atoms with Crippen LogP contribution in [0.1, 0.15) is 21.5 Å². The highest BCUT2D eigenvalue weighted by Gasteiger charge is 2.33. The highest BCUT2D eigenvalue weighted by molar-refractivity contribution is 5.96. The van der Waals surface area contributed by atoms with Crippen LogP contribution in [0.2, 0.25) is 0 Å². The molecule has 1 aliphatic heterocycles. The van der Waals surface area contributed by atoms with Gasteiger partial charge in [-0.3, -0.25) is 4.79 Å². The number of alkyl halides is 3.